The molecule has 1 N–H and O–H groups in total. The van der Waals surface area contributed by atoms with Crippen molar-refractivity contribution in [3.8, 4) is 0 Å². The molecule has 0 spiro atoms. The van der Waals surface area contributed by atoms with Gasteiger partial charge in [-0.3, -0.25) is 4.99 Å². The van der Waals surface area contributed by atoms with Gasteiger partial charge in [0, 0.05) is 65.6 Å². The van der Waals surface area contributed by atoms with Crippen molar-refractivity contribution in [2.75, 3.05) is 66.3 Å². The molecule has 2 aliphatic heterocycles. The number of aliphatic imine (C=N–C) groups is 1. The van der Waals surface area contributed by atoms with Crippen LogP contribution in [0.4, 0.5) is 0 Å². The minimum absolute atomic E-state index is 0. The molecule has 2 fully saturated rings. The zero-order chi connectivity index (χ0) is 17.0. The van der Waals surface area contributed by atoms with Gasteiger partial charge in [-0.15, -0.1) is 24.0 Å². The molecule has 0 aromatic heterocycles. The van der Waals surface area contributed by atoms with E-state index in [2.05, 4.69) is 24.2 Å². The minimum atomic E-state index is 0. The van der Waals surface area contributed by atoms with Gasteiger partial charge in [-0.25, -0.2) is 0 Å². The van der Waals surface area contributed by atoms with Crippen LogP contribution in [0.25, 0.3) is 0 Å². The first kappa shape index (κ1) is 22.9. The third-order valence-corrected chi connectivity index (χ3v) is 4.66. The van der Waals surface area contributed by atoms with Gasteiger partial charge >= 0.3 is 0 Å². The third kappa shape index (κ3) is 9.40. The highest BCUT2D eigenvalue weighted by atomic mass is 127. The van der Waals surface area contributed by atoms with Crippen molar-refractivity contribution in [2.24, 2.45) is 16.8 Å². The molecule has 0 radical (unpaired) electrons. The summed E-state index contributed by atoms with van der Waals surface area (Å²) in [4.78, 5) is 6.96. The lowest BCUT2D eigenvalue weighted by molar-refractivity contribution is 0.0205. The second-order valence-corrected chi connectivity index (χ2v) is 6.83. The zero-order valence-electron chi connectivity index (χ0n) is 15.9. The van der Waals surface area contributed by atoms with E-state index in [1.54, 1.807) is 0 Å². The smallest absolute Gasteiger partial charge is 0.193 e. The summed E-state index contributed by atoms with van der Waals surface area (Å²) in [5.41, 5.74) is 0. The third-order valence-electron chi connectivity index (χ3n) is 4.66. The van der Waals surface area contributed by atoms with E-state index in [0.717, 1.165) is 90.9 Å². The Bertz CT molecular complexity index is 359. The quantitative estimate of drug-likeness (QED) is 0.243. The van der Waals surface area contributed by atoms with Crippen LogP contribution in [0.15, 0.2) is 4.99 Å². The summed E-state index contributed by atoms with van der Waals surface area (Å²) in [7, 11) is 2.11. The molecule has 1 unspecified atom stereocenters. The van der Waals surface area contributed by atoms with Crippen molar-refractivity contribution in [3.05, 3.63) is 0 Å². The molecule has 2 rings (SSSR count). The highest BCUT2D eigenvalue weighted by molar-refractivity contribution is 14.0. The monoisotopic (exact) mass is 469 g/mol. The molecule has 0 aromatic rings. The molecule has 2 heterocycles. The van der Waals surface area contributed by atoms with Gasteiger partial charge in [0.15, 0.2) is 5.96 Å². The summed E-state index contributed by atoms with van der Waals surface area (Å²) in [5, 5.41) is 3.38. The number of hydrogen-bond donors (Lipinski definition) is 1. The fourth-order valence-corrected chi connectivity index (χ4v) is 3.19. The van der Waals surface area contributed by atoms with E-state index in [-0.39, 0.29) is 24.0 Å². The zero-order valence-corrected chi connectivity index (χ0v) is 18.2. The van der Waals surface area contributed by atoms with Gasteiger partial charge in [0.1, 0.15) is 0 Å². The molecule has 6 nitrogen and oxygen atoms in total. The molecule has 0 aliphatic carbocycles. The Morgan fingerprint density at radius 1 is 1.16 bits per heavy atom. The first-order chi connectivity index (χ1) is 11.8. The second-order valence-electron chi connectivity index (χ2n) is 6.83. The maximum Gasteiger partial charge on any atom is 0.193 e. The standard InChI is InChI=1S/C18H35N3O3.HI/c1-3-19-18(21(2)13-17-7-12-24-15-17)20-8-4-9-23-14-16-5-10-22-11-6-16;/h16-17H,3-15H2,1-2H3,(H,19,20);1H. The maximum absolute atomic E-state index is 5.81. The minimum Gasteiger partial charge on any atom is -0.381 e. The predicted octanol–water partition coefficient (Wildman–Crippen LogP) is 2.37. The summed E-state index contributed by atoms with van der Waals surface area (Å²) in [6, 6.07) is 0. The van der Waals surface area contributed by atoms with Gasteiger partial charge in [0.05, 0.1) is 6.61 Å². The van der Waals surface area contributed by atoms with Gasteiger partial charge in [-0.05, 0) is 38.5 Å². The number of rotatable bonds is 9. The summed E-state index contributed by atoms with van der Waals surface area (Å²) in [6.07, 6.45) is 4.40. The van der Waals surface area contributed by atoms with E-state index in [9.17, 15) is 0 Å². The van der Waals surface area contributed by atoms with Crippen molar-refractivity contribution in [1.29, 1.82) is 0 Å². The fourth-order valence-electron chi connectivity index (χ4n) is 3.19. The number of nitrogens with one attached hydrogen (secondary N) is 1. The van der Waals surface area contributed by atoms with E-state index in [4.69, 9.17) is 19.2 Å². The van der Waals surface area contributed by atoms with Gasteiger partial charge < -0.3 is 24.4 Å². The molecule has 148 valence electrons. The molecule has 2 aliphatic rings. The molecule has 7 heteroatoms. The van der Waals surface area contributed by atoms with Crippen LogP contribution in [0.1, 0.15) is 32.6 Å². The molecule has 0 bridgehead atoms. The van der Waals surface area contributed by atoms with Crippen LogP contribution in [-0.2, 0) is 14.2 Å². The summed E-state index contributed by atoms with van der Waals surface area (Å²) in [6.45, 7) is 10.0. The van der Waals surface area contributed by atoms with E-state index < -0.39 is 0 Å². The largest absolute Gasteiger partial charge is 0.381 e. The Balaban J connectivity index is 0.00000312. The van der Waals surface area contributed by atoms with E-state index in [1.807, 2.05) is 0 Å². The van der Waals surface area contributed by atoms with Crippen LogP contribution in [0, 0.1) is 11.8 Å². The molecular formula is C18H36IN3O3. The number of ether oxygens (including phenoxy) is 3. The van der Waals surface area contributed by atoms with Gasteiger partial charge in [-0.1, -0.05) is 0 Å². The molecule has 25 heavy (non-hydrogen) atoms. The Kier molecular flexibility index (Phi) is 12.8. The van der Waals surface area contributed by atoms with Crippen LogP contribution in [0.3, 0.4) is 0 Å². The van der Waals surface area contributed by atoms with Crippen molar-refractivity contribution < 1.29 is 14.2 Å². The number of guanidine groups is 1. The van der Waals surface area contributed by atoms with Gasteiger partial charge in [-0.2, -0.15) is 0 Å². The molecular weight excluding hydrogens is 433 g/mol. The lowest BCUT2D eigenvalue weighted by atomic mass is 10.0. The van der Waals surface area contributed by atoms with Crippen molar-refractivity contribution >= 4 is 29.9 Å². The average Bonchev–Trinajstić information content (AvgIpc) is 3.10. The average molecular weight is 469 g/mol. The van der Waals surface area contributed by atoms with Crippen molar-refractivity contribution in [1.82, 2.24) is 10.2 Å². The topological polar surface area (TPSA) is 55.3 Å². The fraction of sp³-hybridized carbons (Fsp3) is 0.944. The highest BCUT2D eigenvalue weighted by Gasteiger charge is 2.19. The molecule has 1 atom stereocenters. The molecule has 0 aromatic carbocycles. The Morgan fingerprint density at radius 2 is 1.88 bits per heavy atom. The predicted molar refractivity (Wildman–Crippen MR) is 112 cm³/mol. The van der Waals surface area contributed by atoms with Crippen LogP contribution >= 0.6 is 24.0 Å². The van der Waals surface area contributed by atoms with Crippen molar-refractivity contribution in [2.45, 2.75) is 32.6 Å². The number of nitrogens with zero attached hydrogens (tertiary/aromatic N) is 2. The lowest BCUT2D eigenvalue weighted by Gasteiger charge is -2.24. The van der Waals surface area contributed by atoms with Crippen LogP contribution < -0.4 is 5.32 Å². The first-order valence-electron chi connectivity index (χ1n) is 9.52. The van der Waals surface area contributed by atoms with E-state index >= 15 is 0 Å². The van der Waals surface area contributed by atoms with E-state index in [1.165, 1.54) is 0 Å². The summed E-state index contributed by atoms with van der Waals surface area (Å²) >= 11 is 0. The number of halogens is 1. The lowest BCUT2D eigenvalue weighted by Crippen LogP contribution is -2.41. The summed E-state index contributed by atoms with van der Waals surface area (Å²) < 4.78 is 16.6. The molecule has 0 saturated carbocycles. The van der Waals surface area contributed by atoms with Gasteiger partial charge in [0.25, 0.3) is 0 Å². The number of hydrogen-bond acceptors (Lipinski definition) is 4. The molecule has 2 saturated heterocycles. The Morgan fingerprint density at radius 3 is 2.56 bits per heavy atom. The Hall–Kier alpha value is -0.120. The molecule has 0 amide bonds. The normalized spacial score (nSPS) is 21.8. The van der Waals surface area contributed by atoms with E-state index in [0.29, 0.717) is 11.8 Å². The SMILES string of the molecule is CCNC(=NCCCOCC1CCOCC1)N(C)CC1CCOC1.I. The van der Waals surface area contributed by atoms with Crippen LogP contribution in [-0.4, -0.2) is 77.2 Å². The van der Waals surface area contributed by atoms with Crippen LogP contribution in [0.5, 0.6) is 0 Å². The van der Waals surface area contributed by atoms with Gasteiger partial charge in [0.2, 0.25) is 0 Å². The van der Waals surface area contributed by atoms with Crippen LogP contribution in [0.2, 0.25) is 0 Å². The second kappa shape index (κ2) is 14.0. The van der Waals surface area contributed by atoms with Crippen molar-refractivity contribution in [3.63, 3.8) is 0 Å². The first-order valence-corrected chi connectivity index (χ1v) is 9.52. The highest BCUT2D eigenvalue weighted by Crippen LogP contribution is 2.15. The Labute approximate surface area is 170 Å². The summed E-state index contributed by atoms with van der Waals surface area (Å²) in [5.74, 6) is 2.30. The maximum atomic E-state index is 5.81.